The number of piperazine rings is 1. The molecule has 4 heterocycles. The van der Waals surface area contributed by atoms with Crippen LogP contribution in [0.4, 0.5) is 0 Å². The van der Waals surface area contributed by atoms with Crippen LogP contribution >= 0.6 is 22.7 Å². The van der Waals surface area contributed by atoms with Gasteiger partial charge in [-0.25, -0.2) is 13.4 Å². The van der Waals surface area contributed by atoms with E-state index in [0.29, 0.717) is 37.0 Å². The molecule has 3 aromatic rings. The molecule has 1 aliphatic heterocycles. The zero-order valence-electron chi connectivity index (χ0n) is 14.4. The molecule has 26 heavy (non-hydrogen) atoms. The van der Waals surface area contributed by atoms with Crippen molar-refractivity contribution in [2.45, 2.75) is 13.0 Å². The second-order valence-corrected chi connectivity index (χ2v) is 10.1. The van der Waals surface area contributed by atoms with Gasteiger partial charge in [-0.15, -0.1) is 5.10 Å². The molecule has 0 aliphatic carbocycles. The largest absolute Gasteiger partial charge is 0.492 e. The lowest BCUT2D eigenvalue weighted by Gasteiger charge is -2.37. The van der Waals surface area contributed by atoms with Gasteiger partial charge in [0.1, 0.15) is 5.82 Å². The molecule has 0 aromatic carbocycles. The molecule has 4 rings (SSSR count). The summed E-state index contributed by atoms with van der Waals surface area (Å²) in [6.07, 6.45) is 1.24. The van der Waals surface area contributed by atoms with Crippen molar-refractivity contribution in [3.05, 3.63) is 33.1 Å². The zero-order valence-corrected chi connectivity index (χ0v) is 16.8. The fraction of sp³-hybridized carbons (Fsp3) is 0.467. The predicted octanol–water partition coefficient (Wildman–Crippen LogP) is 1.53. The Morgan fingerprint density at radius 2 is 2.00 bits per heavy atom. The summed E-state index contributed by atoms with van der Waals surface area (Å²) in [7, 11) is -3.18. The molecule has 1 saturated heterocycles. The SMILES string of the molecule is Cc1nc2sc([C@H](c3ccsc3)N3CCN(S(C)(=O)=O)CC3)c(O)n2n1. The van der Waals surface area contributed by atoms with Gasteiger partial charge in [-0.3, -0.25) is 4.90 Å². The lowest BCUT2D eigenvalue weighted by atomic mass is 10.1. The topological polar surface area (TPSA) is 91.0 Å². The Kier molecular flexibility index (Phi) is 4.51. The summed E-state index contributed by atoms with van der Waals surface area (Å²) in [5.41, 5.74) is 1.08. The number of aromatic hydroxyl groups is 1. The van der Waals surface area contributed by atoms with Crippen molar-refractivity contribution in [1.29, 1.82) is 0 Å². The maximum atomic E-state index is 11.8. The molecular weight excluding hydrogens is 394 g/mol. The maximum absolute atomic E-state index is 11.8. The molecule has 0 amide bonds. The van der Waals surface area contributed by atoms with E-state index in [0.717, 1.165) is 10.4 Å². The molecular formula is C15H19N5O3S3. The van der Waals surface area contributed by atoms with Crippen molar-refractivity contribution in [2.24, 2.45) is 0 Å². The van der Waals surface area contributed by atoms with E-state index in [1.807, 2.05) is 11.4 Å². The summed E-state index contributed by atoms with van der Waals surface area (Å²) >= 11 is 3.02. The molecule has 1 atom stereocenters. The fourth-order valence-electron chi connectivity index (χ4n) is 3.28. The Hall–Kier alpha value is -1.53. The molecule has 140 valence electrons. The number of nitrogens with zero attached hydrogens (tertiary/aromatic N) is 5. The molecule has 0 unspecified atom stereocenters. The normalized spacial score (nSPS) is 18.5. The number of aromatic nitrogens is 3. The Bertz CT molecular complexity index is 1020. The van der Waals surface area contributed by atoms with Crippen LogP contribution < -0.4 is 0 Å². The third-order valence-corrected chi connectivity index (χ3v) is 7.60. The number of hydrogen-bond acceptors (Lipinski definition) is 8. The Morgan fingerprint density at radius 3 is 2.58 bits per heavy atom. The van der Waals surface area contributed by atoms with Crippen molar-refractivity contribution >= 4 is 37.7 Å². The molecule has 1 aliphatic rings. The second-order valence-electron chi connectivity index (χ2n) is 6.30. The summed E-state index contributed by atoms with van der Waals surface area (Å²) in [4.78, 5) is 8.01. The minimum atomic E-state index is -3.18. The lowest BCUT2D eigenvalue weighted by molar-refractivity contribution is 0.156. The first kappa shape index (κ1) is 17.9. The van der Waals surface area contributed by atoms with Crippen LogP contribution in [-0.4, -0.2) is 69.8 Å². The fourth-order valence-corrected chi connectivity index (χ4v) is 5.95. The van der Waals surface area contributed by atoms with Gasteiger partial charge in [0.15, 0.2) is 0 Å². The van der Waals surface area contributed by atoms with Crippen LogP contribution in [0.2, 0.25) is 0 Å². The number of hydrogen-bond donors (Lipinski definition) is 1. The first-order chi connectivity index (χ1) is 12.3. The van der Waals surface area contributed by atoms with Crippen molar-refractivity contribution < 1.29 is 13.5 Å². The quantitative estimate of drug-likeness (QED) is 0.698. The Labute approximate surface area is 159 Å². The van der Waals surface area contributed by atoms with Crippen LogP contribution in [0.3, 0.4) is 0 Å². The van der Waals surface area contributed by atoms with E-state index in [-0.39, 0.29) is 11.9 Å². The summed E-state index contributed by atoms with van der Waals surface area (Å²) in [5.74, 6) is 0.722. The van der Waals surface area contributed by atoms with E-state index in [4.69, 9.17) is 0 Å². The average Bonchev–Trinajstić information content (AvgIpc) is 3.28. The number of rotatable bonds is 4. The summed E-state index contributed by atoms with van der Waals surface area (Å²) in [6.45, 7) is 3.87. The monoisotopic (exact) mass is 413 g/mol. The van der Waals surface area contributed by atoms with E-state index >= 15 is 0 Å². The standard InChI is InChI=1S/C15H19N5O3S3/c1-10-16-15-20(17-10)14(21)13(25-15)12(11-3-8-24-9-11)18-4-6-19(7-5-18)26(2,22)23/h3,8-9,12,21H,4-7H2,1-2H3/t12-/m0/s1. The Balaban J connectivity index is 1.70. The second kappa shape index (κ2) is 6.57. The number of aryl methyl sites for hydroxylation is 1. The summed E-state index contributed by atoms with van der Waals surface area (Å²) in [6, 6.07) is 1.90. The molecule has 0 radical (unpaired) electrons. The Morgan fingerprint density at radius 1 is 1.27 bits per heavy atom. The van der Waals surface area contributed by atoms with Gasteiger partial charge < -0.3 is 5.11 Å². The highest BCUT2D eigenvalue weighted by Crippen LogP contribution is 2.40. The molecule has 0 spiro atoms. The highest BCUT2D eigenvalue weighted by Gasteiger charge is 2.33. The number of fused-ring (bicyclic) bond motifs is 1. The molecule has 8 nitrogen and oxygen atoms in total. The summed E-state index contributed by atoms with van der Waals surface area (Å²) in [5, 5.41) is 19.0. The van der Waals surface area contributed by atoms with E-state index < -0.39 is 10.0 Å². The van der Waals surface area contributed by atoms with Crippen LogP contribution in [0.5, 0.6) is 5.88 Å². The predicted molar refractivity (Wildman–Crippen MR) is 101 cm³/mol. The molecule has 1 fully saturated rings. The van der Waals surface area contributed by atoms with Gasteiger partial charge in [0.25, 0.3) is 0 Å². The van der Waals surface area contributed by atoms with Gasteiger partial charge in [-0.1, -0.05) is 11.3 Å². The van der Waals surface area contributed by atoms with Gasteiger partial charge in [0.2, 0.25) is 20.9 Å². The van der Waals surface area contributed by atoms with Crippen molar-refractivity contribution in [3.8, 4) is 5.88 Å². The summed E-state index contributed by atoms with van der Waals surface area (Å²) < 4.78 is 26.5. The van der Waals surface area contributed by atoms with E-state index in [1.165, 1.54) is 26.4 Å². The third kappa shape index (κ3) is 3.14. The highest BCUT2D eigenvalue weighted by molar-refractivity contribution is 7.88. The first-order valence-corrected chi connectivity index (χ1v) is 11.7. The van der Waals surface area contributed by atoms with E-state index in [2.05, 4.69) is 20.4 Å². The van der Waals surface area contributed by atoms with Gasteiger partial charge in [0.05, 0.1) is 17.2 Å². The minimum Gasteiger partial charge on any atom is -0.492 e. The maximum Gasteiger partial charge on any atom is 0.230 e. The first-order valence-electron chi connectivity index (χ1n) is 8.11. The van der Waals surface area contributed by atoms with Gasteiger partial charge in [-0.2, -0.15) is 20.2 Å². The van der Waals surface area contributed by atoms with Gasteiger partial charge >= 0.3 is 0 Å². The van der Waals surface area contributed by atoms with Crippen LogP contribution in [0, 0.1) is 6.92 Å². The lowest BCUT2D eigenvalue weighted by Crippen LogP contribution is -2.49. The van der Waals surface area contributed by atoms with Crippen LogP contribution in [0.25, 0.3) is 4.96 Å². The number of sulfonamides is 1. The smallest absolute Gasteiger partial charge is 0.230 e. The van der Waals surface area contributed by atoms with Crippen molar-refractivity contribution in [3.63, 3.8) is 0 Å². The van der Waals surface area contributed by atoms with Gasteiger partial charge in [-0.05, 0) is 29.3 Å². The highest BCUT2D eigenvalue weighted by atomic mass is 32.2. The van der Waals surface area contributed by atoms with E-state index in [9.17, 15) is 13.5 Å². The van der Waals surface area contributed by atoms with Crippen molar-refractivity contribution in [2.75, 3.05) is 32.4 Å². The minimum absolute atomic E-state index is 0.104. The van der Waals surface area contributed by atoms with E-state index in [1.54, 1.807) is 18.3 Å². The molecule has 3 aromatic heterocycles. The average molecular weight is 414 g/mol. The third-order valence-electron chi connectivity index (χ3n) is 4.52. The van der Waals surface area contributed by atoms with Crippen LogP contribution in [0.15, 0.2) is 16.8 Å². The van der Waals surface area contributed by atoms with Crippen LogP contribution in [0.1, 0.15) is 22.3 Å². The molecule has 11 heteroatoms. The molecule has 0 bridgehead atoms. The molecule has 0 saturated carbocycles. The number of thiophene rings is 1. The van der Waals surface area contributed by atoms with Gasteiger partial charge in [0, 0.05) is 26.2 Å². The van der Waals surface area contributed by atoms with Crippen molar-refractivity contribution in [1.82, 2.24) is 23.8 Å². The number of thiazole rings is 1. The molecule has 1 N–H and O–H groups in total. The zero-order chi connectivity index (χ0) is 18.5. The van der Waals surface area contributed by atoms with Crippen LogP contribution in [-0.2, 0) is 10.0 Å².